The summed E-state index contributed by atoms with van der Waals surface area (Å²) in [4.78, 5) is 23.5. The summed E-state index contributed by atoms with van der Waals surface area (Å²) in [6.07, 6.45) is 2.93. The van der Waals surface area contributed by atoms with Gasteiger partial charge in [-0.3, -0.25) is 20.4 Å². The molecule has 0 aliphatic rings. The van der Waals surface area contributed by atoms with Crippen molar-refractivity contribution >= 4 is 29.5 Å². The fraction of sp³-hybridized carbons (Fsp3) is 0.0588. The molecule has 0 fully saturated rings. The van der Waals surface area contributed by atoms with Gasteiger partial charge < -0.3 is 4.74 Å². The summed E-state index contributed by atoms with van der Waals surface area (Å²) in [5.74, 6) is -0.208. The van der Waals surface area contributed by atoms with Crippen LogP contribution in [0.5, 0.6) is 5.75 Å². The van der Waals surface area contributed by atoms with Crippen LogP contribution < -0.4 is 15.6 Å². The molecule has 23 heavy (non-hydrogen) atoms. The van der Waals surface area contributed by atoms with E-state index in [2.05, 4.69) is 10.9 Å². The Labute approximate surface area is 138 Å². The standard InChI is InChI=1S/C17H15ClN2O3/c1-23-15-7-2-4-12(10-15)8-9-16(21)19-20-17(22)13-5-3-6-14(18)11-13/h2-11H,1H3,(H,19,21)(H,20,22). The third-order valence-electron chi connectivity index (χ3n) is 2.91. The highest BCUT2D eigenvalue weighted by Gasteiger charge is 2.06. The van der Waals surface area contributed by atoms with Crippen molar-refractivity contribution in [2.75, 3.05) is 7.11 Å². The number of halogens is 1. The molecule has 5 nitrogen and oxygen atoms in total. The Morgan fingerprint density at radius 2 is 1.87 bits per heavy atom. The highest BCUT2D eigenvalue weighted by atomic mass is 35.5. The van der Waals surface area contributed by atoms with Crippen molar-refractivity contribution in [3.63, 3.8) is 0 Å². The lowest BCUT2D eigenvalue weighted by Crippen LogP contribution is -2.40. The molecule has 2 aromatic rings. The van der Waals surface area contributed by atoms with Gasteiger partial charge in [-0.25, -0.2) is 0 Å². The van der Waals surface area contributed by atoms with Crippen LogP contribution in [0.15, 0.2) is 54.6 Å². The molecule has 2 amide bonds. The SMILES string of the molecule is COc1cccc(C=CC(=O)NNC(=O)c2cccc(Cl)c2)c1. The Morgan fingerprint density at radius 1 is 1.09 bits per heavy atom. The maximum absolute atomic E-state index is 11.8. The van der Waals surface area contributed by atoms with Crippen LogP contribution in [0.1, 0.15) is 15.9 Å². The van der Waals surface area contributed by atoms with Gasteiger partial charge >= 0.3 is 0 Å². The van der Waals surface area contributed by atoms with Crippen LogP contribution >= 0.6 is 11.6 Å². The molecule has 0 aliphatic heterocycles. The number of hydrogen-bond acceptors (Lipinski definition) is 3. The molecule has 0 saturated carbocycles. The van der Waals surface area contributed by atoms with E-state index in [4.69, 9.17) is 16.3 Å². The molecular formula is C17H15ClN2O3. The highest BCUT2D eigenvalue weighted by molar-refractivity contribution is 6.30. The predicted molar refractivity (Wildman–Crippen MR) is 89.1 cm³/mol. The van der Waals surface area contributed by atoms with Crippen molar-refractivity contribution in [1.82, 2.24) is 10.9 Å². The van der Waals surface area contributed by atoms with Crippen molar-refractivity contribution in [1.29, 1.82) is 0 Å². The number of rotatable bonds is 4. The second kappa shape index (κ2) is 8.00. The number of benzene rings is 2. The average Bonchev–Trinajstić information content (AvgIpc) is 2.58. The second-order valence-electron chi connectivity index (χ2n) is 4.56. The van der Waals surface area contributed by atoms with Crippen LogP contribution in [0, 0.1) is 0 Å². The number of hydrogen-bond donors (Lipinski definition) is 2. The third-order valence-corrected chi connectivity index (χ3v) is 3.14. The van der Waals surface area contributed by atoms with Gasteiger partial charge in [0.15, 0.2) is 0 Å². The molecular weight excluding hydrogens is 316 g/mol. The first-order valence-electron chi connectivity index (χ1n) is 6.76. The second-order valence-corrected chi connectivity index (χ2v) is 5.00. The van der Waals surface area contributed by atoms with Crippen LogP contribution in [-0.2, 0) is 4.79 Å². The highest BCUT2D eigenvalue weighted by Crippen LogP contribution is 2.13. The number of carbonyl (C=O) groups is 2. The monoisotopic (exact) mass is 330 g/mol. The van der Waals surface area contributed by atoms with Gasteiger partial charge in [-0.15, -0.1) is 0 Å². The normalized spacial score (nSPS) is 10.3. The van der Waals surface area contributed by atoms with E-state index in [1.807, 2.05) is 18.2 Å². The van der Waals surface area contributed by atoms with Gasteiger partial charge in [0.05, 0.1) is 7.11 Å². The van der Waals surface area contributed by atoms with E-state index in [9.17, 15) is 9.59 Å². The van der Waals surface area contributed by atoms with E-state index in [1.54, 1.807) is 37.5 Å². The summed E-state index contributed by atoms with van der Waals surface area (Å²) in [7, 11) is 1.57. The summed E-state index contributed by atoms with van der Waals surface area (Å²) >= 11 is 5.81. The van der Waals surface area contributed by atoms with Gasteiger partial charge in [-0.1, -0.05) is 29.8 Å². The number of ether oxygens (including phenoxy) is 1. The van der Waals surface area contributed by atoms with Gasteiger partial charge in [0.1, 0.15) is 5.75 Å². The lowest BCUT2D eigenvalue weighted by molar-refractivity contribution is -0.117. The summed E-state index contributed by atoms with van der Waals surface area (Å²) in [6.45, 7) is 0. The first-order chi connectivity index (χ1) is 11.1. The molecule has 0 heterocycles. The maximum Gasteiger partial charge on any atom is 0.269 e. The van der Waals surface area contributed by atoms with Crippen molar-refractivity contribution in [2.45, 2.75) is 0 Å². The summed E-state index contributed by atoms with van der Waals surface area (Å²) < 4.78 is 5.10. The molecule has 0 radical (unpaired) electrons. The minimum absolute atomic E-state index is 0.356. The topological polar surface area (TPSA) is 67.4 Å². The zero-order valence-corrected chi connectivity index (χ0v) is 13.1. The zero-order valence-electron chi connectivity index (χ0n) is 12.4. The maximum atomic E-state index is 11.8. The van der Waals surface area contributed by atoms with E-state index >= 15 is 0 Å². The Morgan fingerprint density at radius 3 is 2.61 bits per heavy atom. The fourth-order valence-electron chi connectivity index (χ4n) is 1.78. The lowest BCUT2D eigenvalue weighted by atomic mass is 10.2. The van der Waals surface area contributed by atoms with E-state index in [0.29, 0.717) is 16.3 Å². The van der Waals surface area contributed by atoms with Crippen LogP contribution in [0.25, 0.3) is 6.08 Å². The molecule has 0 aliphatic carbocycles. The van der Waals surface area contributed by atoms with Gasteiger partial charge in [0, 0.05) is 16.7 Å². The Balaban J connectivity index is 1.89. The van der Waals surface area contributed by atoms with Gasteiger partial charge in [-0.05, 0) is 42.0 Å². The molecule has 6 heteroatoms. The van der Waals surface area contributed by atoms with E-state index < -0.39 is 11.8 Å². The van der Waals surface area contributed by atoms with Crippen molar-refractivity contribution in [3.05, 3.63) is 70.8 Å². The number of carbonyl (C=O) groups excluding carboxylic acids is 2. The van der Waals surface area contributed by atoms with Crippen molar-refractivity contribution in [3.8, 4) is 5.75 Å². The van der Waals surface area contributed by atoms with Crippen molar-refractivity contribution < 1.29 is 14.3 Å². The smallest absolute Gasteiger partial charge is 0.269 e. The number of amides is 2. The van der Waals surface area contributed by atoms with E-state index in [1.165, 1.54) is 12.1 Å². The Kier molecular flexibility index (Phi) is 5.77. The fourth-order valence-corrected chi connectivity index (χ4v) is 1.97. The first kappa shape index (κ1) is 16.6. The largest absolute Gasteiger partial charge is 0.497 e. The number of hydrazine groups is 1. The molecule has 2 N–H and O–H groups in total. The first-order valence-corrected chi connectivity index (χ1v) is 7.14. The molecule has 2 aromatic carbocycles. The summed E-state index contributed by atoms with van der Waals surface area (Å²) in [5.41, 5.74) is 5.77. The molecule has 0 unspecified atom stereocenters. The lowest BCUT2D eigenvalue weighted by Gasteiger charge is -2.05. The number of methoxy groups -OCH3 is 1. The molecule has 118 valence electrons. The molecule has 2 rings (SSSR count). The molecule has 0 aromatic heterocycles. The van der Waals surface area contributed by atoms with Crippen LogP contribution in [-0.4, -0.2) is 18.9 Å². The van der Waals surface area contributed by atoms with Gasteiger partial charge in [0.25, 0.3) is 11.8 Å². The molecule has 0 spiro atoms. The quantitative estimate of drug-likeness (QED) is 0.669. The van der Waals surface area contributed by atoms with Gasteiger partial charge in [0.2, 0.25) is 0 Å². The van der Waals surface area contributed by atoms with Crippen molar-refractivity contribution in [2.24, 2.45) is 0 Å². The minimum atomic E-state index is -0.455. The van der Waals surface area contributed by atoms with E-state index in [0.717, 1.165) is 5.56 Å². The molecule has 0 atom stereocenters. The predicted octanol–water partition coefficient (Wildman–Crippen LogP) is 2.82. The van der Waals surface area contributed by atoms with Crippen LogP contribution in [0.4, 0.5) is 0 Å². The third kappa shape index (κ3) is 5.16. The average molecular weight is 331 g/mol. The summed E-state index contributed by atoms with van der Waals surface area (Å²) in [6, 6.07) is 13.7. The summed E-state index contributed by atoms with van der Waals surface area (Å²) in [5, 5.41) is 0.446. The van der Waals surface area contributed by atoms with Crippen LogP contribution in [0.3, 0.4) is 0 Å². The minimum Gasteiger partial charge on any atom is -0.497 e. The number of nitrogens with one attached hydrogen (secondary N) is 2. The Hall–Kier alpha value is -2.79. The molecule has 0 bridgehead atoms. The van der Waals surface area contributed by atoms with E-state index in [-0.39, 0.29) is 0 Å². The zero-order chi connectivity index (χ0) is 16.7. The van der Waals surface area contributed by atoms with Gasteiger partial charge in [-0.2, -0.15) is 0 Å². The Bertz CT molecular complexity index is 744. The molecule has 0 saturated heterocycles. The van der Waals surface area contributed by atoms with Crippen LogP contribution in [0.2, 0.25) is 5.02 Å².